The third-order valence-corrected chi connectivity index (χ3v) is 6.10. The fraction of sp³-hybridized carbons (Fsp3) is 0.650. The molecule has 1 saturated carbocycles. The Bertz CT molecular complexity index is 654. The topological polar surface area (TPSA) is 77.6 Å². The SMILES string of the molecule is O=C(C1CCCCC1)N1CCN(C(=O)C2CC(c3ccccn3)NN2)CC1. The summed E-state index contributed by atoms with van der Waals surface area (Å²) in [5.41, 5.74) is 7.26. The number of nitrogens with zero attached hydrogens (tertiary/aromatic N) is 3. The van der Waals surface area contributed by atoms with Crippen molar-refractivity contribution in [1.82, 2.24) is 25.6 Å². The maximum atomic E-state index is 12.9. The molecule has 7 heteroatoms. The minimum absolute atomic E-state index is 0.0503. The normalized spacial score (nSPS) is 27.0. The van der Waals surface area contributed by atoms with Crippen molar-refractivity contribution in [1.29, 1.82) is 0 Å². The number of aromatic nitrogens is 1. The van der Waals surface area contributed by atoms with E-state index < -0.39 is 0 Å². The maximum absolute atomic E-state index is 12.9. The van der Waals surface area contributed by atoms with E-state index in [2.05, 4.69) is 15.8 Å². The van der Waals surface area contributed by atoms with E-state index in [4.69, 9.17) is 0 Å². The number of hydrazine groups is 1. The lowest BCUT2D eigenvalue weighted by molar-refractivity contribution is -0.143. The maximum Gasteiger partial charge on any atom is 0.241 e. The van der Waals surface area contributed by atoms with E-state index in [9.17, 15) is 9.59 Å². The van der Waals surface area contributed by atoms with Crippen LogP contribution in [0.4, 0.5) is 0 Å². The van der Waals surface area contributed by atoms with E-state index in [0.29, 0.717) is 38.5 Å². The summed E-state index contributed by atoms with van der Waals surface area (Å²) in [4.78, 5) is 33.8. The number of hydrogen-bond donors (Lipinski definition) is 2. The Morgan fingerprint density at radius 1 is 0.926 bits per heavy atom. The highest BCUT2D eigenvalue weighted by Crippen LogP contribution is 2.26. The second-order valence-corrected chi connectivity index (χ2v) is 7.87. The van der Waals surface area contributed by atoms with Gasteiger partial charge in [-0.2, -0.15) is 0 Å². The van der Waals surface area contributed by atoms with E-state index >= 15 is 0 Å². The molecule has 3 heterocycles. The molecule has 2 N–H and O–H groups in total. The third-order valence-electron chi connectivity index (χ3n) is 6.10. The first-order chi connectivity index (χ1) is 13.2. The molecule has 0 aromatic carbocycles. The molecule has 7 nitrogen and oxygen atoms in total. The summed E-state index contributed by atoms with van der Waals surface area (Å²) < 4.78 is 0. The molecule has 1 aliphatic carbocycles. The zero-order valence-corrected chi connectivity index (χ0v) is 15.8. The van der Waals surface area contributed by atoms with Gasteiger partial charge in [0.2, 0.25) is 11.8 Å². The minimum Gasteiger partial charge on any atom is -0.339 e. The molecule has 2 saturated heterocycles. The summed E-state index contributed by atoms with van der Waals surface area (Å²) in [6.07, 6.45) is 8.13. The van der Waals surface area contributed by atoms with Gasteiger partial charge in [-0.3, -0.25) is 14.6 Å². The molecule has 2 unspecified atom stereocenters. The number of pyridine rings is 1. The highest BCUT2D eigenvalue weighted by atomic mass is 16.2. The molecule has 2 aliphatic heterocycles. The van der Waals surface area contributed by atoms with E-state index in [-0.39, 0.29) is 23.9 Å². The minimum atomic E-state index is -0.238. The zero-order chi connectivity index (χ0) is 18.6. The van der Waals surface area contributed by atoms with Gasteiger partial charge in [-0.05, 0) is 31.4 Å². The summed E-state index contributed by atoms with van der Waals surface area (Å²) in [5.74, 6) is 0.629. The average molecular weight is 371 g/mol. The average Bonchev–Trinajstić information content (AvgIpc) is 3.24. The third kappa shape index (κ3) is 4.14. The predicted molar refractivity (Wildman–Crippen MR) is 101 cm³/mol. The Hall–Kier alpha value is -1.99. The number of hydrogen-bond acceptors (Lipinski definition) is 5. The van der Waals surface area contributed by atoms with Crippen LogP contribution >= 0.6 is 0 Å². The highest BCUT2D eigenvalue weighted by molar-refractivity contribution is 5.83. The number of amides is 2. The van der Waals surface area contributed by atoms with Gasteiger partial charge < -0.3 is 9.80 Å². The van der Waals surface area contributed by atoms with Crippen LogP contribution in [0.1, 0.15) is 50.3 Å². The molecule has 4 rings (SSSR count). The van der Waals surface area contributed by atoms with Crippen LogP contribution in [0, 0.1) is 5.92 Å². The molecule has 0 radical (unpaired) electrons. The molecular formula is C20H29N5O2. The van der Waals surface area contributed by atoms with Crippen LogP contribution in [-0.2, 0) is 9.59 Å². The number of carbonyl (C=O) groups excluding carboxylic acids is 2. The Morgan fingerprint density at radius 3 is 2.30 bits per heavy atom. The van der Waals surface area contributed by atoms with Crippen molar-refractivity contribution >= 4 is 11.8 Å². The van der Waals surface area contributed by atoms with Crippen molar-refractivity contribution < 1.29 is 9.59 Å². The van der Waals surface area contributed by atoms with Crippen LogP contribution in [-0.4, -0.2) is 58.8 Å². The molecule has 2 atom stereocenters. The molecule has 1 aromatic heterocycles. The lowest BCUT2D eigenvalue weighted by Gasteiger charge is -2.38. The number of piperazine rings is 1. The largest absolute Gasteiger partial charge is 0.339 e. The predicted octanol–water partition coefficient (Wildman–Crippen LogP) is 1.24. The van der Waals surface area contributed by atoms with E-state index in [1.807, 2.05) is 28.0 Å². The van der Waals surface area contributed by atoms with Crippen molar-refractivity contribution in [2.45, 2.75) is 50.6 Å². The lowest BCUT2D eigenvalue weighted by atomic mass is 9.88. The van der Waals surface area contributed by atoms with Gasteiger partial charge in [0.1, 0.15) is 6.04 Å². The van der Waals surface area contributed by atoms with Gasteiger partial charge in [0.15, 0.2) is 0 Å². The molecule has 27 heavy (non-hydrogen) atoms. The van der Waals surface area contributed by atoms with Crippen molar-refractivity contribution in [2.75, 3.05) is 26.2 Å². The Balaban J connectivity index is 1.27. The summed E-state index contributed by atoms with van der Waals surface area (Å²) in [7, 11) is 0. The molecule has 2 amide bonds. The van der Waals surface area contributed by atoms with E-state index in [1.54, 1.807) is 6.20 Å². The quantitative estimate of drug-likeness (QED) is 0.836. The zero-order valence-electron chi connectivity index (χ0n) is 15.8. The van der Waals surface area contributed by atoms with Gasteiger partial charge >= 0.3 is 0 Å². The first-order valence-corrected chi connectivity index (χ1v) is 10.2. The summed E-state index contributed by atoms with van der Waals surface area (Å²) in [5, 5.41) is 0. The number of nitrogens with one attached hydrogen (secondary N) is 2. The second kappa shape index (κ2) is 8.35. The van der Waals surface area contributed by atoms with Crippen LogP contribution in [0.3, 0.4) is 0 Å². The summed E-state index contributed by atoms with van der Waals surface area (Å²) in [6, 6.07) is 5.64. The van der Waals surface area contributed by atoms with Crippen LogP contribution in [0.2, 0.25) is 0 Å². The Labute approximate surface area is 160 Å². The van der Waals surface area contributed by atoms with Gasteiger partial charge in [-0.15, -0.1) is 0 Å². The van der Waals surface area contributed by atoms with E-state index in [1.165, 1.54) is 19.3 Å². The number of rotatable bonds is 3. The van der Waals surface area contributed by atoms with Gasteiger partial charge in [0.05, 0.1) is 11.7 Å². The first kappa shape index (κ1) is 18.4. The van der Waals surface area contributed by atoms with Crippen LogP contribution in [0.5, 0.6) is 0 Å². The molecule has 0 spiro atoms. The molecule has 146 valence electrons. The molecule has 0 bridgehead atoms. The van der Waals surface area contributed by atoms with Crippen LogP contribution in [0.15, 0.2) is 24.4 Å². The number of carbonyl (C=O) groups is 2. The van der Waals surface area contributed by atoms with Gasteiger partial charge in [0, 0.05) is 38.3 Å². The van der Waals surface area contributed by atoms with Crippen molar-refractivity contribution in [3.63, 3.8) is 0 Å². The molecule has 3 fully saturated rings. The van der Waals surface area contributed by atoms with Gasteiger partial charge in [-0.1, -0.05) is 25.3 Å². The molecule has 1 aromatic rings. The van der Waals surface area contributed by atoms with Crippen molar-refractivity contribution in [3.05, 3.63) is 30.1 Å². The summed E-state index contributed by atoms with van der Waals surface area (Å²) >= 11 is 0. The standard InChI is InChI=1S/C20H29N5O2/c26-19(15-6-2-1-3-7-15)24-10-12-25(13-11-24)20(27)18-14-17(22-23-18)16-8-4-5-9-21-16/h4-5,8-9,15,17-18,22-23H,1-3,6-7,10-14H2. The first-order valence-electron chi connectivity index (χ1n) is 10.2. The fourth-order valence-electron chi connectivity index (χ4n) is 4.47. The van der Waals surface area contributed by atoms with Crippen LogP contribution < -0.4 is 10.9 Å². The van der Waals surface area contributed by atoms with Crippen LogP contribution in [0.25, 0.3) is 0 Å². The highest BCUT2D eigenvalue weighted by Gasteiger charge is 2.35. The second-order valence-electron chi connectivity index (χ2n) is 7.87. The van der Waals surface area contributed by atoms with Crippen molar-refractivity contribution in [3.8, 4) is 0 Å². The molecular weight excluding hydrogens is 342 g/mol. The molecule has 3 aliphatic rings. The Morgan fingerprint density at radius 2 is 1.63 bits per heavy atom. The lowest BCUT2D eigenvalue weighted by Crippen LogP contribution is -2.55. The van der Waals surface area contributed by atoms with E-state index in [0.717, 1.165) is 18.5 Å². The summed E-state index contributed by atoms with van der Waals surface area (Å²) in [6.45, 7) is 2.57. The van der Waals surface area contributed by atoms with Gasteiger partial charge in [0.25, 0.3) is 0 Å². The smallest absolute Gasteiger partial charge is 0.241 e. The Kier molecular flexibility index (Phi) is 5.69. The fourth-order valence-corrected chi connectivity index (χ4v) is 4.47. The monoisotopic (exact) mass is 371 g/mol. The van der Waals surface area contributed by atoms with Crippen molar-refractivity contribution in [2.24, 2.45) is 5.92 Å². The van der Waals surface area contributed by atoms with Gasteiger partial charge in [-0.25, -0.2) is 10.9 Å².